The van der Waals surface area contributed by atoms with Crippen molar-refractivity contribution < 1.29 is 9.47 Å². The minimum Gasteiger partial charge on any atom is -0.496 e. The first-order chi connectivity index (χ1) is 14.9. The summed E-state index contributed by atoms with van der Waals surface area (Å²) in [6, 6.07) is 18.4. The lowest BCUT2D eigenvalue weighted by Gasteiger charge is -2.27. The van der Waals surface area contributed by atoms with Gasteiger partial charge in [-0.2, -0.15) is 5.26 Å². The number of nitrogens with two attached hydrogens (primary N) is 1. The maximum atomic E-state index is 13.7. The van der Waals surface area contributed by atoms with Crippen molar-refractivity contribution in [1.82, 2.24) is 4.57 Å². The summed E-state index contributed by atoms with van der Waals surface area (Å²) in [6.07, 6.45) is 0. The van der Waals surface area contributed by atoms with Crippen LogP contribution in [0.5, 0.6) is 11.5 Å². The van der Waals surface area contributed by atoms with E-state index in [4.69, 9.17) is 26.8 Å². The molecule has 3 aromatic rings. The molecule has 4 rings (SSSR count). The van der Waals surface area contributed by atoms with Gasteiger partial charge in [-0.05, 0) is 30.7 Å². The molecule has 0 fully saturated rings. The van der Waals surface area contributed by atoms with E-state index in [9.17, 15) is 10.1 Å². The highest BCUT2D eigenvalue weighted by atomic mass is 35.5. The lowest BCUT2D eigenvalue weighted by atomic mass is 9.84. The highest BCUT2D eigenvalue weighted by molar-refractivity contribution is 6.30. The van der Waals surface area contributed by atoms with Crippen LogP contribution < -0.4 is 20.8 Å². The zero-order valence-corrected chi connectivity index (χ0v) is 17.8. The number of allylic oxidation sites excluding steroid dienone is 1. The minimum absolute atomic E-state index is 0.00349. The van der Waals surface area contributed by atoms with Gasteiger partial charge < -0.3 is 19.8 Å². The molecule has 1 atom stereocenters. The van der Waals surface area contributed by atoms with Crippen LogP contribution in [-0.2, 0) is 6.54 Å². The van der Waals surface area contributed by atoms with E-state index in [2.05, 4.69) is 6.07 Å². The molecule has 1 aliphatic heterocycles. The topological polar surface area (TPSA) is 90.3 Å². The predicted octanol–water partition coefficient (Wildman–Crippen LogP) is 4.09. The fourth-order valence-corrected chi connectivity index (χ4v) is 4.00. The van der Waals surface area contributed by atoms with Crippen LogP contribution in [0.2, 0.25) is 5.02 Å². The Bertz CT molecular complexity index is 1290. The Morgan fingerprint density at radius 2 is 1.94 bits per heavy atom. The van der Waals surface area contributed by atoms with Gasteiger partial charge in [-0.15, -0.1) is 0 Å². The van der Waals surface area contributed by atoms with Crippen molar-refractivity contribution in [3.05, 3.63) is 104 Å². The van der Waals surface area contributed by atoms with Crippen LogP contribution in [-0.4, -0.2) is 11.7 Å². The minimum atomic E-state index is -0.650. The highest BCUT2D eigenvalue weighted by Crippen LogP contribution is 2.40. The summed E-state index contributed by atoms with van der Waals surface area (Å²) in [4.78, 5) is 13.7. The molecule has 0 amide bonds. The molecule has 2 N–H and O–H groups in total. The van der Waals surface area contributed by atoms with Crippen molar-refractivity contribution in [3.63, 3.8) is 0 Å². The molecular weight excluding hydrogens is 414 g/mol. The second kappa shape index (κ2) is 8.21. The van der Waals surface area contributed by atoms with Gasteiger partial charge in [-0.1, -0.05) is 41.9 Å². The summed E-state index contributed by atoms with van der Waals surface area (Å²) in [6.45, 7) is 2.15. The number of nitrogens with zero attached hydrogens (tertiary/aromatic N) is 2. The molecular formula is C24H20ClN3O3. The van der Waals surface area contributed by atoms with Crippen molar-refractivity contribution in [3.8, 4) is 17.6 Å². The standard InChI is InChI=1S/C24H20ClN3O3/c1-14-11-20-22(24(29)28(14)13-16-5-3-4-6-19(16)30-2)21(18(12-26)23(27)31-20)15-7-9-17(25)10-8-15/h3-11,21H,13,27H2,1-2H3/t21-/m1/s1. The van der Waals surface area contributed by atoms with Gasteiger partial charge in [0.1, 0.15) is 23.1 Å². The summed E-state index contributed by atoms with van der Waals surface area (Å²) in [5, 5.41) is 10.3. The van der Waals surface area contributed by atoms with Crippen LogP contribution >= 0.6 is 11.6 Å². The van der Waals surface area contributed by atoms with Crippen LogP contribution in [0.15, 0.2) is 70.8 Å². The van der Waals surface area contributed by atoms with Crippen LogP contribution in [0.3, 0.4) is 0 Å². The number of para-hydroxylation sites is 1. The molecule has 0 radical (unpaired) electrons. The summed E-state index contributed by atoms with van der Waals surface area (Å²) in [5.41, 5.74) is 8.67. The van der Waals surface area contributed by atoms with Gasteiger partial charge in [-0.3, -0.25) is 4.79 Å². The number of pyridine rings is 1. The van der Waals surface area contributed by atoms with Crippen LogP contribution in [0.1, 0.15) is 28.3 Å². The zero-order chi connectivity index (χ0) is 22.1. The molecule has 1 aliphatic rings. The third-order valence-corrected chi connectivity index (χ3v) is 5.67. The number of rotatable bonds is 4. The number of benzene rings is 2. The number of fused-ring (bicyclic) bond motifs is 1. The van der Waals surface area contributed by atoms with Gasteiger partial charge in [0.05, 0.1) is 25.1 Å². The van der Waals surface area contributed by atoms with Gasteiger partial charge in [-0.25, -0.2) is 0 Å². The van der Waals surface area contributed by atoms with E-state index in [1.54, 1.807) is 42.0 Å². The predicted molar refractivity (Wildman–Crippen MR) is 118 cm³/mol. The number of aryl methyl sites for hydroxylation is 1. The van der Waals surface area contributed by atoms with Crippen molar-refractivity contribution in [2.75, 3.05) is 7.11 Å². The van der Waals surface area contributed by atoms with Gasteiger partial charge in [0, 0.05) is 22.3 Å². The summed E-state index contributed by atoms with van der Waals surface area (Å²) < 4.78 is 12.8. The fraction of sp³-hybridized carbons (Fsp3) is 0.167. The molecule has 6 nitrogen and oxygen atoms in total. The number of methoxy groups -OCH3 is 1. The van der Waals surface area contributed by atoms with Crippen LogP contribution in [0.25, 0.3) is 0 Å². The maximum Gasteiger partial charge on any atom is 0.259 e. The van der Waals surface area contributed by atoms with Gasteiger partial charge in [0.25, 0.3) is 5.56 Å². The average Bonchev–Trinajstić information content (AvgIpc) is 2.76. The smallest absolute Gasteiger partial charge is 0.259 e. The second-order valence-corrected chi connectivity index (χ2v) is 7.68. The number of aromatic nitrogens is 1. The number of nitriles is 1. The first kappa shape index (κ1) is 20.6. The highest BCUT2D eigenvalue weighted by Gasteiger charge is 2.34. The van der Waals surface area contributed by atoms with E-state index in [0.29, 0.717) is 34.3 Å². The van der Waals surface area contributed by atoms with E-state index in [0.717, 1.165) is 11.1 Å². The zero-order valence-electron chi connectivity index (χ0n) is 17.1. The Morgan fingerprint density at radius 3 is 2.61 bits per heavy atom. The SMILES string of the molecule is COc1ccccc1Cn1c(C)cc2c(c1=O)[C@H](c1ccc(Cl)cc1)C(C#N)=C(N)O2. The number of halogens is 1. The quantitative estimate of drug-likeness (QED) is 0.669. The van der Waals surface area contributed by atoms with Crippen LogP contribution in [0, 0.1) is 18.3 Å². The summed E-state index contributed by atoms with van der Waals surface area (Å²) in [5.74, 6) is 0.397. The monoisotopic (exact) mass is 433 g/mol. The summed E-state index contributed by atoms with van der Waals surface area (Å²) in [7, 11) is 1.60. The van der Waals surface area contributed by atoms with E-state index >= 15 is 0 Å². The van der Waals surface area contributed by atoms with Crippen molar-refractivity contribution in [1.29, 1.82) is 5.26 Å². The Morgan fingerprint density at radius 1 is 1.23 bits per heavy atom. The Labute approximate surface area is 184 Å². The Hall–Kier alpha value is -3.69. The van der Waals surface area contributed by atoms with E-state index in [1.165, 1.54) is 0 Å². The normalized spacial score (nSPS) is 15.1. The molecule has 31 heavy (non-hydrogen) atoms. The molecule has 0 spiro atoms. The molecule has 0 bridgehead atoms. The number of ether oxygens (including phenoxy) is 2. The fourth-order valence-electron chi connectivity index (χ4n) is 3.88. The number of hydrogen-bond donors (Lipinski definition) is 1. The Balaban J connectivity index is 1.92. The maximum absolute atomic E-state index is 13.7. The summed E-state index contributed by atoms with van der Waals surface area (Å²) >= 11 is 6.04. The third-order valence-electron chi connectivity index (χ3n) is 5.41. The third kappa shape index (κ3) is 3.65. The van der Waals surface area contributed by atoms with Crippen molar-refractivity contribution in [2.24, 2.45) is 5.73 Å². The van der Waals surface area contributed by atoms with E-state index in [-0.39, 0.29) is 17.0 Å². The molecule has 0 saturated heterocycles. The van der Waals surface area contributed by atoms with Crippen molar-refractivity contribution >= 4 is 11.6 Å². The van der Waals surface area contributed by atoms with Gasteiger partial charge >= 0.3 is 0 Å². The molecule has 1 aromatic heterocycles. The second-order valence-electron chi connectivity index (χ2n) is 7.24. The van der Waals surface area contributed by atoms with Gasteiger partial charge in [0.15, 0.2) is 0 Å². The molecule has 0 aliphatic carbocycles. The average molecular weight is 434 g/mol. The van der Waals surface area contributed by atoms with E-state index < -0.39 is 5.92 Å². The van der Waals surface area contributed by atoms with Crippen molar-refractivity contribution in [2.45, 2.75) is 19.4 Å². The lowest BCUT2D eigenvalue weighted by Crippen LogP contribution is -2.33. The molecule has 0 unspecified atom stereocenters. The van der Waals surface area contributed by atoms with Gasteiger partial charge in [0.2, 0.25) is 5.88 Å². The van der Waals surface area contributed by atoms with Crippen LogP contribution in [0.4, 0.5) is 0 Å². The lowest BCUT2D eigenvalue weighted by molar-refractivity contribution is 0.388. The first-order valence-electron chi connectivity index (χ1n) is 9.64. The Kier molecular flexibility index (Phi) is 5.45. The first-order valence-corrected chi connectivity index (χ1v) is 10.0. The molecule has 2 aromatic carbocycles. The molecule has 156 valence electrons. The molecule has 0 saturated carbocycles. The number of hydrogen-bond acceptors (Lipinski definition) is 5. The van der Waals surface area contributed by atoms with E-state index in [1.807, 2.05) is 31.2 Å². The molecule has 2 heterocycles. The molecule has 7 heteroatoms. The largest absolute Gasteiger partial charge is 0.496 e.